The molecule has 3 nitrogen and oxygen atoms in total. The van der Waals surface area contributed by atoms with Crippen LogP contribution in [0.15, 0.2) is 30.3 Å². The first-order valence-corrected chi connectivity index (χ1v) is 8.53. The molecule has 1 aromatic rings. The van der Waals surface area contributed by atoms with E-state index in [9.17, 15) is 13.2 Å². The zero-order valence-corrected chi connectivity index (χ0v) is 14.4. The molecule has 0 amide bonds. The van der Waals surface area contributed by atoms with Crippen LogP contribution in [-0.2, 0) is 5.54 Å². The van der Waals surface area contributed by atoms with E-state index in [1.807, 2.05) is 18.2 Å². The quantitative estimate of drug-likeness (QED) is 0.911. The van der Waals surface area contributed by atoms with E-state index in [0.717, 1.165) is 25.7 Å². The predicted octanol–water partition coefficient (Wildman–Crippen LogP) is 3.18. The minimum absolute atomic E-state index is 0.0843. The molecule has 1 aliphatic heterocycles. The highest BCUT2D eigenvalue weighted by atomic mass is 19.4. The fourth-order valence-electron chi connectivity index (χ4n) is 4.51. The summed E-state index contributed by atoms with van der Waals surface area (Å²) < 4.78 is 38.7. The summed E-state index contributed by atoms with van der Waals surface area (Å²) in [5, 5.41) is 3.16. The van der Waals surface area contributed by atoms with Gasteiger partial charge in [-0.15, -0.1) is 0 Å². The Kier molecular flexibility index (Phi) is 4.66. The molecule has 1 saturated carbocycles. The van der Waals surface area contributed by atoms with E-state index in [2.05, 4.69) is 36.4 Å². The minimum Gasteiger partial charge on any atom is -0.302 e. The van der Waals surface area contributed by atoms with Gasteiger partial charge >= 0.3 is 6.18 Å². The maximum absolute atomic E-state index is 12.9. The Morgan fingerprint density at radius 2 is 1.71 bits per heavy atom. The highest BCUT2D eigenvalue weighted by molar-refractivity contribution is 5.26. The molecule has 1 N–H and O–H groups in total. The lowest BCUT2D eigenvalue weighted by atomic mass is 9.68. The Hall–Kier alpha value is -1.11. The molecular weight excluding hydrogens is 315 g/mol. The summed E-state index contributed by atoms with van der Waals surface area (Å²) in [6.45, 7) is 0.168. The van der Waals surface area contributed by atoms with Gasteiger partial charge in [-0.1, -0.05) is 30.3 Å². The summed E-state index contributed by atoms with van der Waals surface area (Å²) in [4.78, 5) is 3.85. The van der Waals surface area contributed by atoms with Crippen molar-refractivity contribution in [3.63, 3.8) is 0 Å². The van der Waals surface area contributed by atoms with E-state index in [-0.39, 0.29) is 11.1 Å². The van der Waals surface area contributed by atoms with E-state index in [0.29, 0.717) is 13.2 Å². The van der Waals surface area contributed by atoms with Crippen molar-refractivity contribution in [2.45, 2.75) is 42.9 Å². The Morgan fingerprint density at radius 1 is 1.08 bits per heavy atom. The van der Waals surface area contributed by atoms with Gasteiger partial charge in [0, 0.05) is 24.3 Å². The maximum atomic E-state index is 12.9. The van der Waals surface area contributed by atoms with Crippen molar-refractivity contribution in [3.05, 3.63) is 35.9 Å². The molecule has 1 saturated heterocycles. The number of alkyl halides is 3. The summed E-state index contributed by atoms with van der Waals surface area (Å²) >= 11 is 0. The van der Waals surface area contributed by atoms with Gasteiger partial charge in [-0.05, 0) is 45.3 Å². The normalized spacial score (nSPS) is 31.9. The SMILES string of the molecule is CN(C)C1(c2ccccc2)CCC2(CC1)CNCN2CC(F)(F)F. The smallest absolute Gasteiger partial charge is 0.302 e. The Morgan fingerprint density at radius 3 is 2.25 bits per heavy atom. The van der Waals surface area contributed by atoms with E-state index < -0.39 is 12.7 Å². The molecule has 1 aliphatic carbocycles. The summed E-state index contributed by atoms with van der Waals surface area (Å²) in [5.74, 6) is 0. The van der Waals surface area contributed by atoms with Crippen LogP contribution in [0, 0.1) is 0 Å². The van der Waals surface area contributed by atoms with E-state index >= 15 is 0 Å². The topological polar surface area (TPSA) is 18.5 Å². The van der Waals surface area contributed by atoms with E-state index in [4.69, 9.17) is 0 Å². The molecule has 1 aromatic carbocycles. The third-order valence-corrected chi connectivity index (χ3v) is 5.97. The van der Waals surface area contributed by atoms with Crippen molar-refractivity contribution in [1.29, 1.82) is 0 Å². The summed E-state index contributed by atoms with van der Waals surface area (Å²) in [7, 11) is 4.15. The molecule has 0 unspecified atom stereocenters. The largest absolute Gasteiger partial charge is 0.401 e. The second-order valence-corrected chi connectivity index (χ2v) is 7.41. The molecule has 2 aliphatic rings. The predicted molar refractivity (Wildman–Crippen MR) is 88.6 cm³/mol. The van der Waals surface area contributed by atoms with Crippen molar-refractivity contribution in [2.24, 2.45) is 0 Å². The molecule has 0 atom stereocenters. The Bertz CT molecular complexity index is 548. The van der Waals surface area contributed by atoms with Gasteiger partial charge in [-0.3, -0.25) is 9.80 Å². The fourth-order valence-corrected chi connectivity index (χ4v) is 4.51. The molecule has 24 heavy (non-hydrogen) atoms. The summed E-state index contributed by atoms with van der Waals surface area (Å²) in [6, 6.07) is 10.4. The molecule has 2 fully saturated rings. The van der Waals surface area contributed by atoms with Crippen LogP contribution >= 0.6 is 0 Å². The number of hydrogen-bond acceptors (Lipinski definition) is 3. The molecule has 0 bridgehead atoms. The molecule has 134 valence electrons. The van der Waals surface area contributed by atoms with Gasteiger partial charge in [0.25, 0.3) is 0 Å². The molecule has 0 radical (unpaired) electrons. The molecule has 0 aromatic heterocycles. The van der Waals surface area contributed by atoms with Gasteiger partial charge in [0.1, 0.15) is 0 Å². The molecular formula is C18H26F3N3. The first-order valence-electron chi connectivity index (χ1n) is 8.53. The molecule has 1 heterocycles. The van der Waals surface area contributed by atoms with Crippen molar-refractivity contribution in [2.75, 3.05) is 33.9 Å². The number of benzene rings is 1. The van der Waals surface area contributed by atoms with Crippen molar-refractivity contribution >= 4 is 0 Å². The number of rotatable bonds is 3. The highest BCUT2D eigenvalue weighted by Gasteiger charge is 2.51. The first-order chi connectivity index (χ1) is 11.3. The van der Waals surface area contributed by atoms with Crippen LogP contribution in [0.2, 0.25) is 0 Å². The zero-order valence-electron chi connectivity index (χ0n) is 14.4. The van der Waals surface area contributed by atoms with Crippen LogP contribution < -0.4 is 5.32 Å². The van der Waals surface area contributed by atoms with Crippen LogP contribution in [0.3, 0.4) is 0 Å². The average Bonchev–Trinajstić information content (AvgIpc) is 2.89. The number of nitrogens with zero attached hydrogens (tertiary/aromatic N) is 2. The van der Waals surface area contributed by atoms with Crippen molar-refractivity contribution < 1.29 is 13.2 Å². The van der Waals surface area contributed by atoms with Gasteiger partial charge in [0.05, 0.1) is 6.54 Å². The summed E-state index contributed by atoms with van der Waals surface area (Å²) in [5.41, 5.74) is 0.821. The number of nitrogens with one attached hydrogen (secondary N) is 1. The average molecular weight is 341 g/mol. The Balaban J connectivity index is 1.80. The third kappa shape index (κ3) is 3.19. The number of halogens is 3. The molecule has 6 heteroatoms. The van der Waals surface area contributed by atoms with Crippen LogP contribution in [0.1, 0.15) is 31.2 Å². The van der Waals surface area contributed by atoms with Crippen LogP contribution in [-0.4, -0.2) is 55.4 Å². The van der Waals surface area contributed by atoms with E-state index in [1.54, 1.807) is 4.90 Å². The molecule has 3 rings (SSSR count). The van der Waals surface area contributed by atoms with Gasteiger partial charge in [0.15, 0.2) is 0 Å². The minimum atomic E-state index is -4.14. The lowest BCUT2D eigenvalue weighted by molar-refractivity contribution is -0.158. The highest BCUT2D eigenvalue weighted by Crippen LogP contribution is 2.47. The zero-order chi connectivity index (χ0) is 17.4. The van der Waals surface area contributed by atoms with Gasteiger partial charge in [-0.25, -0.2) is 0 Å². The van der Waals surface area contributed by atoms with Crippen LogP contribution in [0.25, 0.3) is 0 Å². The second kappa shape index (κ2) is 6.32. The van der Waals surface area contributed by atoms with Crippen molar-refractivity contribution in [3.8, 4) is 0 Å². The number of hydrogen-bond donors (Lipinski definition) is 1. The van der Waals surface area contributed by atoms with Gasteiger partial charge in [-0.2, -0.15) is 13.2 Å². The lowest BCUT2D eigenvalue weighted by Gasteiger charge is -2.51. The van der Waals surface area contributed by atoms with Crippen LogP contribution in [0.5, 0.6) is 0 Å². The Labute approximate surface area is 141 Å². The van der Waals surface area contributed by atoms with Crippen molar-refractivity contribution in [1.82, 2.24) is 15.1 Å². The fraction of sp³-hybridized carbons (Fsp3) is 0.667. The third-order valence-electron chi connectivity index (χ3n) is 5.97. The lowest BCUT2D eigenvalue weighted by Crippen LogP contribution is -2.56. The van der Waals surface area contributed by atoms with Crippen LogP contribution in [0.4, 0.5) is 13.2 Å². The van der Waals surface area contributed by atoms with Gasteiger partial charge in [0.2, 0.25) is 0 Å². The molecule has 1 spiro atoms. The van der Waals surface area contributed by atoms with Gasteiger partial charge < -0.3 is 5.32 Å². The van der Waals surface area contributed by atoms with E-state index in [1.165, 1.54) is 5.56 Å². The summed E-state index contributed by atoms with van der Waals surface area (Å²) in [6.07, 6.45) is -0.832. The maximum Gasteiger partial charge on any atom is 0.401 e. The second-order valence-electron chi connectivity index (χ2n) is 7.41. The monoisotopic (exact) mass is 341 g/mol. The first kappa shape index (κ1) is 17.7. The standard InChI is InChI=1S/C18H26F3N3/c1-23(2)17(15-6-4-3-5-7-15)10-8-16(9-11-17)12-22-14-24(16)13-18(19,20)21/h3-7,22H,8-14H2,1-2H3.